The molecule has 1 N–H and O–H groups in total. The van der Waals surface area contributed by atoms with Crippen LogP contribution in [-0.4, -0.2) is 29.3 Å². The summed E-state index contributed by atoms with van der Waals surface area (Å²) in [7, 11) is 1.25. The lowest BCUT2D eigenvalue weighted by Gasteiger charge is -2.08. The molecule has 1 rings (SSSR count). The zero-order valence-electron chi connectivity index (χ0n) is 9.22. The summed E-state index contributed by atoms with van der Waals surface area (Å²) in [6.07, 6.45) is -2.18. The molecule has 1 aromatic rings. The highest BCUT2D eigenvalue weighted by atomic mass is 19.3. The van der Waals surface area contributed by atoms with Gasteiger partial charge in [0.2, 0.25) is 0 Å². The van der Waals surface area contributed by atoms with E-state index in [0.29, 0.717) is 0 Å². The molecule has 9 heteroatoms. The quantitative estimate of drug-likeness (QED) is 0.627. The van der Waals surface area contributed by atoms with E-state index in [1.54, 1.807) is 0 Å². The summed E-state index contributed by atoms with van der Waals surface area (Å²) >= 11 is 0. The molecule has 0 aliphatic carbocycles. The SMILES string of the molecule is COc1cc([N+](=O)[O-])cnc1CNC(=O)C(F)F. The van der Waals surface area contributed by atoms with E-state index in [1.165, 1.54) is 7.11 Å². The largest absolute Gasteiger partial charge is 0.495 e. The van der Waals surface area contributed by atoms with E-state index in [-0.39, 0.29) is 23.7 Å². The number of halogens is 2. The molecule has 7 nitrogen and oxygen atoms in total. The summed E-state index contributed by atoms with van der Waals surface area (Å²) in [6.45, 7) is -0.301. The number of alkyl halides is 2. The summed E-state index contributed by atoms with van der Waals surface area (Å²) in [5.41, 5.74) is -0.173. The molecular weight excluding hydrogens is 252 g/mol. The van der Waals surface area contributed by atoms with Crippen molar-refractivity contribution < 1.29 is 23.2 Å². The van der Waals surface area contributed by atoms with Crippen molar-refractivity contribution in [1.29, 1.82) is 0 Å². The summed E-state index contributed by atoms with van der Waals surface area (Å²) in [5, 5.41) is 12.4. The minimum absolute atomic E-state index is 0.0405. The number of pyridine rings is 1. The van der Waals surface area contributed by atoms with Crippen molar-refractivity contribution in [2.45, 2.75) is 13.0 Å². The third kappa shape index (κ3) is 3.34. The Kier molecular flexibility index (Phi) is 4.46. The van der Waals surface area contributed by atoms with Crippen LogP contribution < -0.4 is 10.1 Å². The van der Waals surface area contributed by atoms with Gasteiger partial charge >= 0.3 is 6.43 Å². The second-order valence-electron chi connectivity index (χ2n) is 3.12. The van der Waals surface area contributed by atoms with Crippen LogP contribution in [0.2, 0.25) is 0 Å². The van der Waals surface area contributed by atoms with Gasteiger partial charge in [-0.3, -0.25) is 14.9 Å². The molecule has 1 amide bonds. The average Bonchev–Trinajstić information content (AvgIpc) is 2.35. The van der Waals surface area contributed by atoms with Crippen molar-refractivity contribution in [1.82, 2.24) is 10.3 Å². The number of nitro groups is 1. The first-order valence-corrected chi connectivity index (χ1v) is 4.69. The Labute approximate surface area is 99.9 Å². The van der Waals surface area contributed by atoms with E-state index >= 15 is 0 Å². The molecule has 0 aliphatic rings. The number of methoxy groups -OCH3 is 1. The number of nitrogens with one attached hydrogen (secondary N) is 1. The molecule has 1 aromatic heterocycles. The predicted octanol–water partition coefficient (Wildman–Crippen LogP) is 0.880. The normalized spacial score (nSPS) is 10.2. The van der Waals surface area contributed by atoms with E-state index in [2.05, 4.69) is 4.98 Å². The summed E-state index contributed by atoms with van der Waals surface area (Å²) in [5.74, 6) is -1.41. The van der Waals surface area contributed by atoms with Gasteiger partial charge in [0.15, 0.2) is 0 Å². The Bertz CT molecular complexity index is 467. The zero-order valence-corrected chi connectivity index (χ0v) is 9.22. The van der Waals surface area contributed by atoms with Crippen molar-refractivity contribution in [3.8, 4) is 5.75 Å². The van der Waals surface area contributed by atoms with Crippen LogP contribution in [0.25, 0.3) is 0 Å². The number of aromatic nitrogens is 1. The standard InChI is InChI=1S/C9H9F2N3O4/c1-18-7-2-5(14(16)17)3-12-6(7)4-13-9(15)8(10)11/h2-3,8H,4H2,1H3,(H,13,15). The van der Waals surface area contributed by atoms with Gasteiger partial charge < -0.3 is 10.1 Å². The minimum atomic E-state index is -3.13. The maximum atomic E-state index is 11.9. The van der Waals surface area contributed by atoms with Crippen LogP contribution in [0.1, 0.15) is 5.69 Å². The van der Waals surface area contributed by atoms with Crippen LogP contribution in [0.15, 0.2) is 12.3 Å². The second-order valence-corrected chi connectivity index (χ2v) is 3.12. The third-order valence-electron chi connectivity index (χ3n) is 1.98. The number of rotatable bonds is 5. The topological polar surface area (TPSA) is 94.4 Å². The van der Waals surface area contributed by atoms with Crippen LogP contribution in [-0.2, 0) is 11.3 Å². The summed E-state index contributed by atoms with van der Waals surface area (Å²) in [4.78, 5) is 24.1. The summed E-state index contributed by atoms with van der Waals surface area (Å²) in [6, 6.07) is 1.09. The number of amides is 1. The highest BCUT2D eigenvalue weighted by molar-refractivity contribution is 5.79. The van der Waals surface area contributed by atoms with Crippen molar-refractivity contribution in [2.24, 2.45) is 0 Å². The monoisotopic (exact) mass is 261 g/mol. The van der Waals surface area contributed by atoms with Gasteiger partial charge in [0.25, 0.3) is 11.6 Å². The van der Waals surface area contributed by atoms with Gasteiger partial charge in [-0.25, -0.2) is 4.98 Å². The lowest BCUT2D eigenvalue weighted by atomic mass is 10.3. The number of carbonyl (C=O) groups excluding carboxylic acids is 1. The Morgan fingerprint density at radius 1 is 1.67 bits per heavy atom. The van der Waals surface area contributed by atoms with Crippen LogP contribution in [0.5, 0.6) is 5.75 Å². The van der Waals surface area contributed by atoms with E-state index in [9.17, 15) is 23.7 Å². The molecule has 1 heterocycles. The number of nitrogens with zero attached hydrogens (tertiary/aromatic N) is 2. The van der Waals surface area contributed by atoms with Gasteiger partial charge in [0, 0.05) is 0 Å². The van der Waals surface area contributed by atoms with Crippen molar-refractivity contribution in [3.05, 3.63) is 28.1 Å². The lowest BCUT2D eigenvalue weighted by Crippen LogP contribution is -2.29. The Hall–Kier alpha value is -2.32. The molecule has 0 radical (unpaired) electrons. The van der Waals surface area contributed by atoms with Crippen LogP contribution in [0.3, 0.4) is 0 Å². The maximum absolute atomic E-state index is 11.9. The average molecular weight is 261 g/mol. The fraction of sp³-hybridized carbons (Fsp3) is 0.333. The molecule has 0 unspecified atom stereocenters. The van der Waals surface area contributed by atoms with E-state index in [4.69, 9.17) is 4.74 Å². The van der Waals surface area contributed by atoms with Gasteiger partial charge in [-0.05, 0) is 0 Å². The van der Waals surface area contributed by atoms with E-state index in [0.717, 1.165) is 12.3 Å². The molecule has 0 aromatic carbocycles. The van der Waals surface area contributed by atoms with E-state index in [1.807, 2.05) is 5.32 Å². The first-order chi connectivity index (χ1) is 8.45. The van der Waals surface area contributed by atoms with E-state index < -0.39 is 17.3 Å². The predicted molar refractivity (Wildman–Crippen MR) is 55.3 cm³/mol. The van der Waals surface area contributed by atoms with Gasteiger partial charge in [-0.15, -0.1) is 0 Å². The molecule has 0 saturated heterocycles. The second kappa shape index (κ2) is 5.84. The molecule has 0 spiro atoms. The third-order valence-corrected chi connectivity index (χ3v) is 1.98. The highest BCUT2D eigenvalue weighted by Gasteiger charge is 2.17. The lowest BCUT2D eigenvalue weighted by molar-refractivity contribution is -0.385. The molecule has 18 heavy (non-hydrogen) atoms. The molecule has 0 saturated carbocycles. The molecule has 0 aliphatic heterocycles. The first-order valence-electron chi connectivity index (χ1n) is 4.69. The number of carbonyl (C=O) groups is 1. The smallest absolute Gasteiger partial charge is 0.315 e. The highest BCUT2D eigenvalue weighted by Crippen LogP contribution is 2.21. The van der Waals surface area contributed by atoms with Gasteiger partial charge in [-0.2, -0.15) is 8.78 Å². The molecule has 98 valence electrons. The minimum Gasteiger partial charge on any atom is -0.495 e. The number of hydrogen-bond donors (Lipinski definition) is 1. The molecule has 0 fully saturated rings. The zero-order chi connectivity index (χ0) is 13.7. The Morgan fingerprint density at radius 2 is 2.33 bits per heavy atom. The fourth-order valence-corrected chi connectivity index (χ4v) is 1.12. The molecular formula is C9H9F2N3O4. The summed E-state index contributed by atoms with van der Waals surface area (Å²) < 4.78 is 28.7. The van der Waals surface area contributed by atoms with Gasteiger partial charge in [0.05, 0.1) is 24.6 Å². The number of ether oxygens (including phenoxy) is 1. The maximum Gasteiger partial charge on any atom is 0.315 e. The van der Waals surface area contributed by atoms with Crippen LogP contribution >= 0.6 is 0 Å². The van der Waals surface area contributed by atoms with Crippen LogP contribution in [0, 0.1) is 10.1 Å². The Morgan fingerprint density at radius 3 is 2.83 bits per heavy atom. The van der Waals surface area contributed by atoms with Crippen molar-refractivity contribution >= 4 is 11.6 Å². The Balaban J connectivity index is 2.83. The fourth-order valence-electron chi connectivity index (χ4n) is 1.12. The first kappa shape index (κ1) is 13.7. The van der Waals surface area contributed by atoms with Crippen molar-refractivity contribution in [2.75, 3.05) is 7.11 Å². The van der Waals surface area contributed by atoms with Crippen molar-refractivity contribution in [3.63, 3.8) is 0 Å². The van der Waals surface area contributed by atoms with Gasteiger partial charge in [0.1, 0.15) is 17.6 Å². The number of hydrogen-bond acceptors (Lipinski definition) is 5. The van der Waals surface area contributed by atoms with Gasteiger partial charge in [-0.1, -0.05) is 0 Å². The molecule has 0 bridgehead atoms. The molecule has 0 atom stereocenters. The van der Waals surface area contributed by atoms with Crippen LogP contribution in [0.4, 0.5) is 14.5 Å².